The van der Waals surface area contributed by atoms with Gasteiger partial charge in [0.05, 0.1) is 32.9 Å². The number of carbonyl (C=O) groups is 2. The van der Waals surface area contributed by atoms with E-state index in [1.807, 2.05) is 19.1 Å². The van der Waals surface area contributed by atoms with E-state index in [-0.39, 0.29) is 11.3 Å². The Morgan fingerprint density at radius 3 is 2.12 bits per heavy atom. The Morgan fingerprint density at radius 1 is 0.941 bits per heavy atom. The Kier molecular flexibility index (Phi) is 6.23. The Bertz CT molecular complexity index is 1260. The van der Waals surface area contributed by atoms with Crippen molar-refractivity contribution < 1.29 is 28.9 Å². The van der Waals surface area contributed by atoms with Gasteiger partial charge in [-0.05, 0) is 48.4 Å². The van der Waals surface area contributed by atoms with Crippen LogP contribution in [0.2, 0.25) is 0 Å². The van der Waals surface area contributed by atoms with Crippen molar-refractivity contribution in [1.29, 1.82) is 0 Å². The van der Waals surface area contributed by atoms with Crippen molar-refractivity contribution in [2.24, 2.45) is 0 Å². The molecule has 0 spiro atoms. The van der Waals surface area contributed by atoms with Crippen LogP contribution in [-0.2, 0) is 9.59 Å². The Balaban J connectivity index is 2.03. The molecular weight excluding hydrogens is 436 g/mol. The molecule has 8 nitrogen and oxygen atoms in total. The summed E-state index contributed by atoms with van der Waals surface area (Å²) in [6.07, 6.45) is 3.00. The molecule has 0 aliphatic carbocycles. The van der Waals surface area contributed by atoms with Crippen LogP contribution in [0.3, 0.4) is 0 Å². The van der Waals surface area contributed by atoms with Crippen molar-refractivity contribution in [3.05, 3.63) is 83.2 Å². The van der Waals surface area contributed by atoms with Crippen LogP contribution in [0.5, 0.6) is 17.2 Å². The number of rotatable bonds is 6. The zero-order valence-electron chi connectivity index (χ0n) is 19.2. The first-order valence-electron chi connectivity index (χ1n) is 10.5. The summed E-state index contributed by atoms with van der Waals surface area (Å²) in [5, 5.41) is 11.2. The number of para-hydroxylation sites is 1. The van der Waals surface area contributed by atoms with Crippen molar-refractivity contribution in [3.8, 4) is 17.2 Å². The molecule has 34 heavy (non-hydrogen) atoms. The Labute approximate surface area is 197 Å². The van der Waals surface area contributed by atoms with Gasteiger partial charge in [-0.3, -0.25) is 19.5 Å². The molecule has 0 saturated carbocycles. The van der Waals surface area contributed by atoms with Gasteiger partial charge in [-0.2, -0.15) is 0 Å². The highest BCUT2D eigenvalue weighted by atomic mass is 16.5. The summed E-state index contributed by atoms with van der Waals surface area (Å²) in [7, 11) is 4.45. The third-order valence-corrected chi connectivity index (χ3v) is 5.78. The van der Waals surface area contributed by atoms with Gasteiger partial charge < -0.3 is 19.3 Å². The molecule has 1 aliphatic rings. The van der Waals surface area contributed by atoms with E-state index in [0.29, 0.717) is 34.1 Å². The molecule has 4 rings (SSSR count). The molecule has 8 heteroatoms. The Hall–Kier alpha value is -4.33. The van der Waals surface area contributed by atoms with Gasteiger partial charge >= 0.3 is 0 Å². The maximum Gasteiger partial charge on any atom is 0.300 e. The number of methoxy groups -OCH3 is 3. The monoisotopic (exact) mass is 460 g/mol. The van der Waals surface area contributed by atoms with Crippen LogP contribution in [0, 0.1) is 6.92 Å². The number of carbonyl (C=O) groups excluding carboxylic acids is 2. The summed E-state index contributed by atoms with van der Waals surface area (Å²) in [6.45, 7) is 1.85. The van der Waals surface area contributed by atoms with Gasteiger partial charge in [0.15, 0.2) is 11.5 Å². The molecule has 174 valence electrons. The molecule has 1 atom stereocenters. The van der Waals surface area contributed by atoms with Gasteiger partial charge in [-0.1, -0.05) is 18.2 Å². The summed E-state index contributed by atoms with van der Waals surface area (Å²) in [5.74, 6) is -0.751. The van der Waals surface area contributed by atoms with Crippen molar-refractivity contribution in [2.75, 3.05) is 26.2 Å². The third kappa shape index (κ3) is 3.73. The lowest BCUT2D eigenvalue weighted by Gasteiger charge is -2.27. The summed E-state index contributed by atoms with van der Waals surface area (Å²) in [5.41, 5.74) is 2.18. The molecule has 1 saturated heterocycles. The summed E-state index contributed by atoms with van der Waals surface area (Å²) < 4.78 is 16.4. The first kappa shape index (κ1) is 22.8. The number of aryl methyl sites for hydroxylation is 1. The van der Waals surface area contributed by atoms with Crippen LogP contribution in [0.25, 0.3) is 5.76 Å². The SMILES string of the molecule is COc1cc(C2/C(=C(\O)c3ccncc3)C(=O)C(=O)N2c2ccccc2C)cc(OC)c1OC. The fourth-order valence-electron chi connectivity index (χ4n) is 4.15. The van der Waals surface area contributed by atoms with E-state index >= 15 is 0 Å². The number of pyridine rings is 1. The maximum absolute atomic E-state index is 13.4. The van der Waals surface area contributed by atoms with Crippen LogP contribution >= 0.6 is 0 Å². The number of benzene rings is 2. The molecule has 0 radical (unpaired) electrons. The lowest BCUT2D eigenvalue weighted by atomic mass is 9.94. The van der Waals surface area contributed by atoms with Crippen molar-refractivity contribution in [2.45, 2.75) is 13.0 Å². The van der Waals surface area contributed by atoms with Crippen molar-refractivity contribution in [3.63, 3.8) is 0 Å². The summed E-state index contributed by atoms with van der Waals surface area (Å²) >= 11 is 0. The predicted molar refractivity (Wildman–Crippen MR) is 126 cm³/mol. The molecule has 3 aromatic rings. The standard InChI is InChI=1S/C26H24N2O6/c1-15-7-5-6-8-18(15)28-22(17-13-19(32-2)25(34-4)20(14-17)33-3)21(24(30)26(28)31)23(29)16-9-11-27-12-10-16/h5-14,22,29H,1-4H3/b23-21+. The van der Waals surface area contributed by atoms with Crippen LogP contribution in [0.15, 0.2) is 66.5 Å². The van der Waals surface area contributed by atoms with Gasteiger partial charge in [-0.15, -0.1) is 0 Å². The number of amides is 1. The number of hydrogen-bond donors (Lipinski definition) is 1. The topological polar surface area (TPSA) is 98.2 Å². The zero-order valence-corrected chi connectivity index (χ0v) is 19.2. The Morgan fingerprint density at radius 2 is 1.56 bits per heavy atom. The second-order valence-electron chi connectivity index (χ2n) is 7.65. The quantitative estimate of drug-likeness (QED) is 0.337. The van der Waals surface area contributed by atoms with Crippen LogP contribution in [0.4, 0.5) is 5.69 Å². The van der Waals surface area contributed by atoms with Gasteiger partial charge in [0.25, 0.3) is 11.7 Å². The molecule has 1 amide bonds. The number of ketones is 1. The highest BCUT2D eigenvalue weighted by Gasteiger charge is 2.47. The van der Waals surface area contributed by atoms with Gasteiger partial charge in [0, 0.05) is 23.6 Å². The number of nitrogens with zero attached hydrogens (tertiary/aromatic N) is 2. The average Bonchev–Trinajstić information content (AvgIpc) is 3.13. The smallest absolute Gasteiger partial charge is 0.300 e. The second kappa shape index (κ2) is 9.27. The zero-order chi connectivity index (χ0) is 24.4. The average molecular weight is 460 g/mol. The lowest BCUT2D eigenvalue weighted by Crippen LogP contribution is -2.30. The number of aromatic nitrogens is 1. The van der Waals surface area contributed by atoms with E-state index in [1.54, 1.807) is 36.4 Å². The lowest BCUT2D eigenvalue weighted by molar-refractivity contribution is -0.132. The number of ether oxygens (including phenoxy) is 3. The highest BCUT2D eigenvalue weighted by molar-refractivity contribution is 6.51. The van der Waals surface area contributed by atoms with Gasteiger partial charge in [-0.25, -0.2) is 0 Å². The highest BCUT2D eigenvalue weighted by Crippen LogP contribution is 2.47. The van der Waals surface area contributed by atoms with E-state index < -0.39 is 17.7 Å². The summed E-state index contributed by atoms with van der Waals surface area (Å²) in [6, 6.07) is 12.8. The molecule has 2 aromatic carbocycles. The fourth-order valence-corrected chi connectivity index (χ4v) is 4.15. The first-order valence-corrected chi connectivity index (χ1v) is 10.5. The molecule has 0 bridgehead atoms. The van der Waals surface area contributed by atoms with E-state index in [2.05, 4.69) is 4.98 Å². The fraction of sp³-hybridized carbons (Fsp3) is 0.192. The van der Waals surface area contributed by atoms with E-state index in [1.165, 1.54) is 38.6 Å². The van der Waals surface area contributed by atoms with Crippen LogP contribution in [-0.4, -0.2) is 43.1 Å². The first-order chi connectivity index (χ1) is 16.4. The maximum atomic E-state index is 13.4. The molecule has 1 unspecified atom stereocenters. The minimum absolute atomic E-state index is 0.0475. The van der Waals surface area contributed by atoms with Crippen molar-refractivity contribution in [1.82, 2.24) is 4.98 Å². The normalized spacial score (nSPS) is 17.1. The molecule has 1 N–H and O–H groups in total. The van der Waals surface area contributed by atoms with Gasteiger partial charge in [0.2, 0.25) is 5.75 Å². The molecule has 2 heterocycles. The number of aliphatic hydroxyl groups is 1. The molecular formula is C26H24N2O6. The van der Waals surface area contributed by atoms with E-state index in [4.69, 9.17) is 14.2 Å². The van der Waals surface area contributed by atoms with Crippen molar-refractivity contribution >= 4 is 23.1 Å². The third-order valence-electron chi connectivity index (χ3n) is 5.78. The number of Topliss-reactive ketones (excluding diaryl/α,β-unsaturated/α-hetero) is 1. The second-order valence-corrected chi connectivity index (χ2v) is 7.65. The molecule has 1 aliphatic heterocycles. The number of hydrogen-bond acceptors (Lipinski definition) is 7. The van der Waals surface area contributed by atoms with Gasteiger partial charge in [0.1, 0.15) is 5.76 Å². The number of aliphatic hydroxyl groups excluding tert-OH is 1. The molecule has 1 fully saturated rings. The van der Waals surface area contributed by atoms with E-state index in [9.17, 15) is 14.7 Å². The van der Waals surface area contributed by atoms with Crippen LogP contribution < -0.4 is 19.1 Å². The minimum Gasteiger partial charge on any atom is -0.507 e. The predicted octanol–water partition coefficient (Wildman–Crippen LogP) is 4.04. The minimum atomic E-state index is -0.942. The van der Waals surface area contributed by atoms with E-state index in [0.717, 1.165) is 5.56 Å². The van der Waals surface area contributed by atoms with Crippen LogP contribution in [0.1, 0.15) is 22.7 Å². The summed E-state index contributed by atoms with van der Waals surface area (Å²) in [4.78, 5) is 32.0. The largest absolute Gasteiger partial charge is 0.507 e. The number of anilines is 1. The molecule has 1 aromatic heterocycles.